The number of carbonyl (C=O) groups excluding carboxylic acids is 2. The van der Waals surface area contributed by atoms with Gasteiger partial charge in [0, 0.05) is 23.5 Å². The molecular formula is C21H18NO4-. The van der Waals surface area contributed by atoms with Crippen molar-refractivity contribution < 1.29 is 19.4 Å². The Morgan fingerprint density at radius 2 is 1.62 bits per heavy atom. The number of benzene rings is 3. The van der Waals surface area contributed by atoms with Crippen molar-refractivity contribution in [1.29, 1.82) is 0 Å². The zero-order chi connectivity index (χ0) is 18.4. The largest absolute Gasteiger partial charge is 0.550 e. The average Bonchev–Trinajstić information content (AvgIpc) is 2.63. The quantitative estimate of drug-likeness (QED) is 0.709. The summed E-state index contributed by atoms with van der Waals surface area (Å²) in [6, 6.07) is 20.9. The summed E-state index contributed by atoms with van der Waals surface area (Å²) in [5, 5.41) is 15.2. The molecule has 3 aromatic rings. The lowest BCUT2D eigenvalue weighted by atomic mass is 10.1. The van der Waals surface area contributed by atoms with Gasteiger partial charge in [-0.05, 0) is 48.6 Å². The van der Waals surface area contributed by atoms with Crippen molar-refractivity contribution in [2.75, 3.05) is 5.32 Å². The lowest BCUT2D eigenvalue weighted by Crippen LogP contribution is -2.22. The zero-order valence-corrected chi connectivity index (χ0v) is 14.1. The van der Waals surface area contributed by atoms with E-state index in [0.29, 0.717) is 11.4 Å². The van der Waals surface area contributed by atoms with Gasteiger partial charge in [-0.1, -0.05) is 36.4 Å². The Bertz CT molecular complexity index is 913. The number of anilines is 1. The summed E-state index contributed by atoms with van der Waals surface area (Å²) in [6.07, 6.45) is 0.282. The number of hydrogen-bond donors (Lipinski definition) is 1. The van der Waals surface area contributed by atoms with Crippen molar-refractivity contribution in [1.82, 2.24) is 0 Å². The van der Waals surface area contributed by atoms with Crippen LogP contribution < -0.4 is 15.2 Å². The van der Waals surface area contributed by atoms with Crippen LogP contribution >= 0.6 is 0 Å². The topological polar surface area (TPSA) is 78.5 Å². The van der Waals surface area contributed by atoms with Gasteiger partial charge in [-0.2, -0.15) is 0 Å². The number of rotatable bonds is 7. The van der Waals surface area contributed by atoms with E-state index in [2.05, 4.69) is 5.32 Å². The van der Waals surface area contributed by atoms with Gasteiger partial charge in [-0.15, -0.1) is 0 Å². The summed E-state index contributed by atoms with van der Waals surface area (Å²) in [5.41, 5.74) is 0.633. The molecule has 0 bridgehead atoms. The summed E-state index contributed by atoms with van der Waals surface area (Å²) in [7, 11) is 0. The smallest absolute Gasteiger partial charge is 0.224 e. The molecule has 0 spiro atoms. The number of hydrogen-bond acceptors (Lipinski definition) is 4. The van der Waals surface area contributed by atoms with Gasteiger partial charge in [0.25, 0.3) is 0 Å². The van der Waals surface area contributed by atoms with Crippen LogP contribution in [0.4, 0.5) is 5.69 Å². The molecule has 3 aromatic carbocycles. The van der Waals surface area contributed by atoms with Crippen molar-refractivity contribution in [2.24, 2.45) is 0 Å². The van der Waals surface area contributed by atoms with Crippen molar-refractivity contribution in [2.45, 2.75) is 19.3 Å². The highest BCUT2D eigenvalue weighted by molar-refractivity contribution is 5.91. The van der Waals surface area contributed by atoms with Crippen molar-refractivity contribution in [3.8, 4) is 11.5 Å². The van der Waals surface area contributed by atoms with Gasteiger partial charge in [0.1, 0.15) is 11.5 Å². The van der Waals surface area contributed by atoms with Crippen LogP contribution in [0, 0.1) is 0 Å². The Balaban J connectivity index is 1.62. The summed E-state index contributed by atoms with van der Waals surface area (Å²) in [5.74, 6) is 0.0557. The first-order valence-electron chi connectivity index (χ1n) is 8.37. The van der Waals surface area contributed by atoms with Crippen LogP contribution in [0.25, 0.3) is 10.8 Å². The minimum atomic E-state index is -1.15. The molecular weight excluding hydrogens is 330 g/mol. The first kappa shape index (κ1) is 17.5. The highest BCUT2D eigenvalue weighted by atomic mass is 16.5. The van der Waals surface area contributed by atoms with Crippen molar-refractivity contribution in [3.63, 3.8) is 0 Å². The fourth-order valence-corrected chi connectivity index (χ4v) is 2.63. The summed E-state index contributed by atoms with van der Waals surface area (Å²) >= 11 is 0. The van der Waals surface area contributed by atoms with Gasteiger partial charge in [-0.3, -0.25) is 4.79 Å². The minimum Gasteiger partial charge on any atom is -0.550 e. The molecule has 3 rings (SSSR count). The molecule has 0 fully saturated rings. The van der Waals surface area contributed by atoms with E-state index in [1.807, 2.05) is 42.5 Å². The van der Waals surface area contributed by atoms with Crippen LogP contribution in [0.5, 0.6) is 11.5 Å². The number of ether oxygens (including phenoxy) is 1. The molecule has 0 aliphatic heterocycles. The number of amides is 1. The third kappa shape index (κ3) is 4.60. The molecule has 132 valence electrons. The van der Waals surface area contributed by atoms with Crippen LogP contribution in [0.1, 0.15) is 19.3 Å². The predicted octanol–water partition coefficient (Wildman–Crippen LogP) is 3.49. The lowest BCUT2D eigenvalue weighted by molar-refractivity contribution is -0.305. The van der Waals surface area contributed by atoms with Crippen LogP contribution in [0.15, 0.2) is 66.7 Å². The number of fused-ring (bicyclic) bond motifs is 1. The second-order valence-corrected chi connectivity index (χ2v) is 5.88. The van der Waals surface area contributed by atoms with Crippen molar-refractivity contribution in [3.05, 3.63) is 66.7 Å². The van der Waals surface area contributed by atoms with Crippen LogP contribution in [0.2, 0.25) is 0 Å². The standard InChI is InChI=1S/C21H19NO4/c23-20(9-4-10-21(24)25)22-16-11-13-17(14-12-16)26-19-8-3-6-15-5-1-2-7-18(15)19/h1-3,5-8,11-14H,4,9-10H2,(H,22,23)(H,24,25)/p-1. The summed E-state index contributed by atoms with van der Waals surface area (Å²) in [6.45, 7) is 0. The Morgan fingerprint density at radius 3 is 2.38 bits per heavy atom. The minimum absolute atomic E-state index is 0.120. The van der Waals surface area contributed by atoms with Gasteiger partial charge in [0.15, 0.2) is 0 Å². The number of aliphatic carboxylic acids is 1. The number of carbonyl (C=O) groups is 2. The molecule has 0 aromatic heterocycles. The van der Waals surface area contributed by atoms with E-state index in [1.165, 1.54) is 0 Å². The molecule has 0 aliphatic carbocycles. The maximum Gasteiger partial charge on any atom is 0.224 e. The molecule has 0 saturated heterocycles. The Kier molecular flexibility index (Phi) is 5.49. The molecule has 1 amide bonds. The van der Waals surface area contributed by atoms with E-state index in [-0.39, 0.29) is 25.2 Å². The van der Waals surface area contributed by atoms with E-state index in [4.69, 9.17) is 4.74 Å². The molecule has 0 aliphatic rings. The van der Waals surface area contributed by atoms with Crippen molar-refractivity contribution >= 4 is 28.3 Å². The molecule has 26 heavy (non-hydrogen) atoms. The van der Waals surface area contributed by atoms with Gasteiger partial charge in [0.05, 0.1) is 0 Å². The number of carboxylic acids is 1. The van der Waals surface area contributed by atoms with Gasteiger partial charge >= 0.3 is 0 Å². The second-order valence-electron chi connectivity index (χ2n) is 5.88. The SMILES string of the molecule is O=C([O-])CCCC(=O)Nc1ccc(Oc2cccc3ccccc23)cc1. The molecule has 5 nitrogen and oxygen atoms in total. The van der Waals surface area contributed by atoms with Crippen LogP contribution in [0.3, 0.4) is 0 Å². The Labute approximate surface area is 151 Å². The summed E-state index contributed by atoms with van der Waals surface area (Å²) in [4.78, 5) is 22.1. The van der Waals surface area contributed by atoms with Gasteiger partial charge in [0.2, 0.25) is 5.91 Å². The summed E-state index contributed by atoms with van der Waals surface area (Å²) < 4.78 is 5.96. The molecule has 0 radical (unpaired) electrons. The second kappa shape index (κ2) is 8.16. The Morgan fingerprint density at radius 1 is 0.885 bits per heavy atom. The van der Waals surface area contributed by atoms with E-state index >= 15 is 0 Å². The molecule has 1 N–H and O–H groups in total. The van der Waals surface area contributed by atoms with Gasteiger partial charge in [-0.25, -0.2) is 0 Å². The normalized spacial score (nSPS) is 10.5. The van der Waals surface area contributed by atoms with E-state index in [9.17, 15) is 14.7 Å². The predicted molar refractivity (Wildman–Crippen MR) is 98.0 cm³/mol. The van der Waals surface area contributed by atoms with Crippen LogP contribution in [-0.4, -0.2) is 11.9 Å². The zero-order valence-electron chi connectivity index (χ0n) is 14.1. The molecule has 5 heteroatoms. The highest BCUT2D eigenvalue weighted by Crippen LogP contribution is 2.30. The molecule has 0 unspecified atom stereocenters. The van der Waals surface area contributed by atoms with Gasteiger partial charge < -0.3 is 20.0 Å². The Hall–Kier alpha value is -3.34. The highest BCUT2D eigenvalue weighted by Gasteiger charge is 2.05. The monoisotopic (exact) mass is 348 g/mol. The number of carboxylic acid groups (broad SMARTS) is 1. The molecule has 0 heterocycles. The first-order chi connectivity index (χ1) is 12.6. The lowest BCUT2D eigenvalue weighted by Gasteiger charge is -2.10. The number of nitrogens with one attached hydrogen (secondary N) is 1. The first-order valence-corrected chi connectivity index (χ1v) is 8.37. The molecule has 0 atom stereocenters. The molecule has 0 saturated carbocycles. The average molecular weight is 348 g/mol. The van der Waals surface area contributed by atoms with E-state index in [0.717, 1.165) is 16.5 Å². The fourth-order valence-electron chi connectivity index (χ4n) is 2.63. The third-order valence-corrected chi connectivity index (χ3v) is 3.90. The maximum absolute atomic E-state index is 11.8. The maximum atomic E-state index is 11.8. The van der Waals surface area contributed by atoms with Crippen LogP contribution in [-0.2, 0) is 9.59 Å². The third-order valence-electron chi connectivity index (χ3n) is 3.90. The fraction of sp³-hybridized carbons (Fsp3) is 0.143. The van der Waals surface area contributed by atoms with E-state index in [1.54, 1.807) is 24.3 Å². The van der Waals surface area contributed by atoms with E-state index < -0.39 is 5.97 Å².